The molecule has 2 aliphatic carbocycles. The fourth-order valence-electron chi connectivity index (χ4n) is 4.19. The Kier molecular flexibility index (Phi) is 2.59. The summed E-state index contributed by atoms with van der Waals surface area (Å²) < 4.78 is 13.5. The molecule has 2 aromatic rings. The summed E-state index contributed by atoms with van der Waals surface area (Å²) in [6.07, 6.45) is 5.42. The van der Waals surface area contributed by atoms with E-state index in [1.807, 2.05) is 6.07 Å². The minimum Gasteiger partial charge on any atom is -0.481 e. The molecule has 0 unspecified atom stereocenters. The third-order valence-corrected chi connectivity index (χ3v) is 5.24. The summed E-state index contributed by atoms with van der Waals surface area (Å²) in [7, 11) is 0. The van der Waals surface area contributed by atoms with Gasteiger partial charge >= 0.3 is 5.97 Å². The number of aromatic nitrogens is 1. The van der Waals surface area contributed by atoms with Crippen molar-refractivity contribution in [2.24, 2.45) is 11.3 Å². The monoisotopic (exact) mass is 285 g/mol. The van der Waals surface area contributed by atoms with Crippen LogP contribution in [0.2, 0.25) is 0 Å². The van der Waals surface area contributed by atoms with Crippen LogP contribution in [0.5, 0.6) is 0 Å². The zero-order chi connectivity index (χ0) is 14.6. The molecular weight excluding hydrogens is 269 g/mol. The van der Waals surface area contributed by atoms with Crippen LogP contribution in [-0.4, -0.2) is 16.1 Å². The topological polar surface area (TPSA) is 50.2 Å². The Balaban J connectivity index is 1.57. The molecule has 1 spiro atoms. The van der Waals surface area contributed by atoms with Gasteiger partial charge < -0.3 is 5.11 Å². The van der Waals surface area contributed by atoms with Crippen LogP contribution in [0.1, 0.15) is 37.2 Å². The Morgan fingerprint density at radius 2 is 2.00 bits per heavy atom. The van der Waals surface area contributed by atoms with Crippen molar-refractivity contribution in [1.29, 1.82) is 0 Å². The van der Waals surface area contributed by atoms with Gasteiger partial charge in [0.2, 0.25) is 0 Å². The maximum Gasteiger partial charge on any atom is 0.306 e. The summed E-state index contributed by atoms with van der Waals surface area (Å²) in [5.41, 5.74) is 2.21. The van der Waals surface area contributed by atoms with Crippen molar-refractivity contribution in [3.05, 3.63) is 41.8 Å². The number of carbonyl (C=O) groups is 1. The van der Waals surface area contributed by atoms with Crippen molar-refractivity contribution in [3.8, 4) is 0 Å². The van der Waals surface area contributed by atoms with Gasteiger partial charge in [0.25, 0.3) is 0 Å². The highest BCUT2D eigenvalue weighted by Gasteiger charge is 2.55. The van der Waals surface area contributed by atoms with Crippen LogP contribution in [0.4, 0.5) is 4.39 Å². The summed E-state index contributed by atoms with van der Waals surface area (Å²) in [6, 6.07) is 6.69. The summed E-state index contributed by atoms with van der Waals surface area (Å²) in [5, 5.41) is 9.88. The number of hydrogen-bond donors (Lipinski definition) is 1. The van der Waals surface area contributed by atoms with E-state index in [9.17, 15) is 9.18 Å². The number of rotatable bonds is 2. The van der Waals surface area contributed by atoms with Crippen molar-refractivity contribution in [1.82, 2.24) is 4.98 Å². The van der Waals surface area contributed by atoms with E-state index in [0.717, 1.165) is 42.1 Å². The molecule has 0 bridgehead atoms. The van der Waals surface area contributed by atoms with E-state index in [1.54, 1.807) is 18.3 Å². The van der Waals surface area contributed by atoms with E-state index < -0.39 is 5.97 Å². The predicted molar refractivity (Wildman–Crippen MR) is 76.5 cm³/mol. The molecular formula is C17H16FNO2. The number of benzene rings is 1. The first-order valence-electron chi connectivity index (χ1n) is 7.33. The lowest BCUT2D eigenvalue weighted by molar-refractivity contribution is -0.155. The van der Waals surface area contributed by atoms with Crippen LogP contribution >= 0.6 is 0 Å². The summed E-state index contributed by atoms with van der Waals surface area (Å²) in [6.45, 7) is 0. The molecule has 0 aliphatic heterocycles. The number of aliphatic carboxylic acids is 1. The molecule has 0 saturated heterocycles. The Hall–Kier alpha value is -1.97. The lowest BCUT2D eigenvalue weighted by Gasteiger charge is -2.57. The van der Waals surface area contributed by atoms with Gasteiger partial charge in [0.15, 0.2) is 0 Å². The molecule has 0 radical (unpaired) electrons. The molecule has 2 saturated carbocycles. The zero-order valence-corrected chi connectivity index (χ0v) is 11.6. The van der Waals surface area contributed by atoms with Gasteiger partial charge in [-0.2, -0.15) is 0 Å². The van der Waals surface area contributed by atoms with Gasteiger partial charge in [-0.25, -0.2) is 4.39 Å². The largest absolute Gasteiger partial charge is 0.481 e. The molecule has 1 aromatic heterocycles. The molecule has 4 heteroatoms. The van der Waals surface area contributed by atoms with Gasteiger partial charge in [-0.1, -0.05) is 0 Å². The van der Waals surface area contributed by atoms with Crippen LogP contribution in [0.3, 0.4) is 0 Å². The average molecular weight is 285 g/mol. The van der Waals surface area contributed by atoms with Crippen LogP contribution in [-0.2, 0) is 4.79 Å². The number of hydrogen-bond acceptors (Lipinski definition) is 2. The van der Waals surface area contributed by atoms with Crippen molar-refractivity contribution in [2.75, 3.05) is 0 Å². The van der Waals surface area contributed by atoms with E-state index in [2.05, 4.69) is 4.98 Å². The number of halogens is 1. The number of carboxylic acids is 1. The van der Waals surface area contributed by atoms with Gasteiger partial charge in [0.05, 0.1) is 11.4 Å². The summed E-state index contributed by atoms with van der Waals surface area (Å²) in [5.74, 6) is -0.648. The van der Waals surface area contributed by atoms with E-state index in [0.29, 0.717) is 5.92 Å². The maximum absolute atomic E-state index is 13.5. The van der Waals surface area contributed by atoms with Crippen LogP contribution in [0.15, 0.2) is 30.5 Å². The molecule has 1 aromatic carbocycles. The quantitative estimate of drug-likeness (QED) is 0.914. The van der Waals surface area contributed by atoms with E-state index in [1.165, 1.54) is 6.07 Å². The standard InChI is InChI=1S/C17H16FNO2/c18-12-1-2-15-14(5-12)13(3-4-19-15)10-6-17(7-10)8-11(9-17)16(20)21/h1-5,10-11H,6-9H2,(H,20,21). The first kappa shape index (κ1) is 12.7. The Bertz CT molecular complexity index is 729. The average Bonchev–Trinajstić information content (AvgIpc) is 2.35. The highest BCUT2D eigenvalue weighted by molar-refractivity contribution is 5.82. The number of pyridine rings is 1. The Labute approximate surface area is 121 Å². The lowest BCUT2D eigenvalue weighted by Crippen LogP contribution is -2.48. The normalized spacial score (nSPS) is 30.9. The molecule has 21 heavy (non-hydrogen) atoms. The first-order chi connectivity index (χ1) is 10.1. The second-order valence-electron chi connectivity index (χ2n) is 6.61. The maximum atomic E-state index is 13.5. The predicted octanol–water partition coefficient (Wildman–Crippen LogP) is 3.73. The highest BCUT2D eigenvalue weighted by Crippen LogP contribution is 2.64. The van der Waals surface area contributed by atoms with Gasteiger partial charge in [0, 0.05) is 11.6 Å². The van der Waals surface area contributed by atoms with Gasteiger partial charge in [-0.15, -0.1) is 0 Å². The fraction of sp³-hybridized carbons (Fsp3) is 0.412. The summed E-state index contributed by atoms with van der Waals surface area (Å²) >= 11 is 0. The fourth-order valence-corrected chi connectivity index (χ4v) is 4.19. The number of carboxylic acid groups (broad SMARTS) is 1. The van der Waals surface area contributed by atoms with Crippen molar-refractivity contribution < 1.29 is 14.3 Å². The van der Waals surface area contributed by atoms with Crippen LogP contribution < -0.4 is 0 Å². The van der Waals surface area contributed by atoms with Crippen molar-refractivity contribution >= 4 is 16.9 Å². The van der Waals surface area contributed by atoms with Crippen LogP contribution in [0, 0.1) is 17.2 Å². The van der Waals surface area contributed by atoms with E-state index >= 15 is 0 Å². The van der Waals surface area contributed by atoms with Crippen molar-refractivity contribution in [2.45, 2.75) is 31.6 Å². The summed E-state index contributed by atoms with van der Waals surface area (Å²) in [4.78, 5) is 15.2. The molecule has 108 valence electrons. The Morgan fingerprint density at radius 1 is 1.24 bits per heavy atom. The first-order valence-corrected chi connectivity index (χ1v) is 7.33. The van der Waals surface area contributed by atoms with Crippen molar-refractivity contribution in [3.63, 3.8) is 0 Å². The second kappa shape index (κ2) is 4.26. The molecule has 2 fully saturated rings. The molecule has 0 amide bonds. The van der Waals surface area contributed by atoms with E-state index in [-0.39, 0.29) is 17.2 Å². The smallest absolute Gasteiger partial charge is 0.306 e. The molecule has 3 nitrogen and oxygen atoms in total. The zero-order valence-electron chi connectivity index (χ0n) is 11.6. The second-order valence-corrected chi connectivity index (χ2v) is 6.61. The van der Waals surface area contributed by atoms with Gasteiger partial charge in [0.1, 0.15) is 5.82 Å². The highest BCUT2D eigenvalue weighted by atomic mass is 19.1. The third kappa shape index (κ3) is 1.93. The van der Waals surface area contributed by atoms with Crippen LogP contribution in [0.25, 0.3) is 10.9 Å². The number of nitrogens with zero attached hydrogens (tertiary/aromatic N) is 1. The van der Waals surface area contributed by atoms with Gasteiger partial charge in [-0.05, 0) is 66.8 Å². The van der Waals surface area contributed by atoms with Gasteiger partial charge in [-0.3, -0.25) is 9.78 Å². The molecule has 1 N–H and O–H groups in total. The lowest BCUT2D eigenvalue weighted by atomic mass is 9.47. The SMILES string of the molecule is O=C(O)C1CC2(C1)CC(c1ccnc3ccc(F)cc13)C2. The Morgan fingerprint density at radius 3 is 2.71 bits per heavy atom. The van der Waals surface area contributed by atoms with E-state index in [4.69, 9.17) is 5.11 Å². The molecule has 0 atom stereocenters. The minimum absolute atomic E-state index is 0.155. The minimum atomic E-state index is -0.666. The molecule has 1 heterocycles. The molecule has 4 rings (SSSR count). The molecule has 2 aliphatic rings. The number of fused-ring (bicyclic) bond motifs is 1. The third-order valence-electron chi connectivity index (χ3n) is 5.24.